The number of hydrogen-bond acceptors (Lipinski definition) is 3. The van der Waals surface area contributed by atoms with Crippen LogP contribution >= 0.6 is 11.3 Å². The maximum atomic E-state index is 12.9. The minimum absolute atomic E-state index is 0.0958. The number of benzene rings is 1. The summed E-state index contributed by atoms with van der Waals surface area (Å²) in [4.78, 5) is 29.7. The molecule has 1 aromatic carbocycles. The molecule has 0 radical (unpaired) electrons. The monoisotopic (exact) mass is 324 g/mol. The normalized spacial score (nSPS) is 17.7. The number of rotatable bonds is 2. The fraction of sp³-hybridized carbons (Fsp3) is 0.222. The van der Waals surface area contributed by atoms with Gasteiger partial charge in [-0.3, -0.25) is 9.59 Å². The molecule has 1 aliphatic rings. The molecule has 5 heteroatoms. The summed E-state index contributed by atoms with van der Waals surface area (Å²) in [6.07, 6.45) is 1.96. The summed E-state index contributed by atoms with van der Waals surface area (Å²) in [7, 11) is 0. The first-order chi connectivity index (χ1) is 11.2. The number of carbonyl (C=O) groups excluding carboxylic acids is 1. The van der Waals surface area contributed by atoms with E-state index in [9.17, 15) is 9.59 Å². The predicted octanol–water partition coefficient (Wildman–Crippen LogP) is 3.57. The van der Waals surface area contributed by atoms with Gasteiger partial charge in [0.15, 0.2) is 0 Å². The number of aromatic nitrogens is 1. The van der Waals surface area contributed by atoms with E-state index in [-0.39, 0.29) is 17.5 Å². The Bertz CT molecular complexity index is 914. The zero-order valence-electron chi connectivity index (χ0n) is 12.5. The lowest BCUT2D eigenvalue weighted by Crippen LogP contribution is -2.32. The summed E-state index contributed by atoms with van der Waals surface area (Å²) in [6.45, 7) is 0.730. The first-order valence-electron chi connectivity index (χ1n) is 7.69. The van der Waals surface area contributed by atoms with Gasteiger partial charge in [-0.05, 0) is 52.8 Å². The highest BCUT2D eigenvalue weighted by molar-refractivity contribution is 7.08. The molecular formula is C18H16N2O2S. The summed E-state index contributed by atoms with van der Waals surface area (Å²) in [5.74, 6) is -0.0958. The van der Waals surface area contributed by atoms with Crippen molar-refractivity contribution in [2.45, 2.75) is 18.9 Å². The van der Waals surface area contributed by atoms with E-state index >= 15 is 0 Å². The minimum Gasteiger partial charge on any atom is -0.330 e. The van der Waals surface area contributed by atoms with Gasteiger partial charge in [0.05, 0.1) is 6.04 Å². The molecule has 0 saturated carbocycles. The van der Waals surface area contributed by atoms with Crippen LogP contribution in [-0.2, 0) is 0 Å². The Hall–Kier alpha value is -2.40. The second-order valence-corrected chi connectivity index (χ2v) is 6.59. The number of aromatic amines is 1. The van der Waals surface area contributed by atoms with Crippen LogP contribution in [0.5, 0.6) is 0 Å². The number of nitrogens with zero attached hydrogens (tertiary/aromatic N) is 1. The van der Waals surface area contributed by atoms with Crippen molar-refractivity contribution in [1.29, 1.82) is 0 Å². The topological polar surface area (TPSA) is 53.2 Å². The largest absolute Gasteiger partial charge is 0.330 e. The van der Waals surface area contributed by atoms with Crippen molar-refractivity contribution in [2.24, 2.45) is 0 Å². The highest BCUT2D eigenvalue weighted by Crippen LogP contribution is 2.34. The number of amides is 1. The molecule has 4 nitrogen and oxygen atoms in total. The Kier molecular flexibility index (Phi) is 3.50. The van der Waals surface area contributed by atoms with Gasteiger partial charge in [0.25, 0.3) is 11.5 Å². The van der Waals surface area contributed by atoms with Gasteiger partial charge in [-0.2, -0.15) is 11.3 Å². The van der Waals surface area contributed by atoms with Crippen LogP contribution in [-0.4, -0.2) is 22.3 Å². The second-order valence-electron chi connectivity index (χ2n) is 5.81. The molecule has 3 aromatic rings. The maximum absolute atomic E-state index is 12.9. The molecule has 23 heavy (non-hydrogen) atoms. The summed E-state index contributed by atoms with van der Waals surface area (Å²) < 4.78 is 0. The lowest BCUT2D eigenvalue weighted by Gasteiger charge is -2.24. The van der Waals surface area contributed by atoms with E-state index in [0.717, 1.165) is 24.8 Å². The maximum Gasteiger partial charge on any atom is 0.270 e. The van der Waals surface area contributed by atoms with Crippen molar-refractivity contribution >= 4 is 28.0 Å². The smallest absolute Gasteiger partial charge is 0.270 e. The number of fused-ring (bicyclic) bond motifs is 1. The van der Waals surface area contributed by atoms with E-state index < -0.39 is 0 Å². The Labute approximate surface area is 137 Å². The van der Waals surface area contributed by atoms with Gasteiger partial charge in [0.1, 0.15) is 5.69 Å². The Morgan fingerprint density at radius 1 is 1.26 bits per heavy atom. The van der Waals surface area contributed by atoms with Crippen LogP contribution in [0.3, 0.4) is 0 Å². The van der Waals surface area contributed by atoms with Crippen LogP contribution in [0.4, 0.5) is 0 Å². The van der Waals surface area contributed by atoms with E-state index in [1.54, 1.807) is 23.5 Å². The molecule has 4 rings (SSSR count). The van der Waals surface area contributed by atoms with Gasteiger partial charge in [-0.15, -0.1) is 0 Å². The lowest BCUT2D eigenvalue weighted by molar-refractivity contribution is 0.0730. The van der Waals surface area contributed by atoms with Crippen LogP contribution in [0, 0.1) is 0 Å². The van der Waals surface area contributed by atoms with Crippen LogP contribution in [0.25, 0.3) is 10.8 Å². The van der Waals surface area contributed by atoms with Crippen molar-refractivity contribution in [2.75, 3.05) is 6.54 Å². The number of pyridine rings is 1. The average molecular weight is 324 g/mol. The SMILES string of the molecule is O=C(c1cc2ccccc2c(=O)[nH]1)N1CCCC1c1ccsc1. The number of carbonyl (C=O) groups is 1. The third-order valence-corrected chi connectivity index (χ3v) is 5.13. The average Bonchev–Trinajstić information content (AvgIpc) is 3.25. The van der Waals surface area contributed by atoms with E-state index in [0.29, 0.717) is 11.1 Å². The number of likely N-dealkylation sites (tertiary alicyclic amines) is 1. The second kappa shape index (κ2) is 5.66. The van der Waals surface area contributed by atoms with E-state index in [4.69, 9.17) is 0 Å². The molecular weight excluding hydrogens is 308 g/mol. The van der Waals surface area contributed by atoms with Crippen molar-refractivity contribution in [3.63, 3.8) is 0 Å². The standard InChI is InChI=1S/C18H16N2O2S/c21-17-14-5-2-1-4-12(14)10-15(19-17)18(22)20-8-3-6-16(20)13-7-9-23-11-13/h1-2,4-5,7,9-11,16H,3,6,8H2,(H,19,21). The number of nitrogens with one attached hydrogen (secondary N) is 1. The van der Waals surface area contributed by atoms with Gasteiger partial charge in [-0.1, -0.05) is 18.2 Å². The summed E-state index contributed by atoms with van der Waals surface area (Å²) in [5, 5.41) is 5.54. The molecule has 0 aliphatic carbocycles. The molecule has 116 valence electrons. The van der Waals surface area contributed by atoms with E-state index in [1.165, 1.54) is 5.56 Å². The van der Waals surface area contributed by atoms with Gasteiger partial charge < -0.3 is 9.88 Å². The fourth-order valence-corrected chi connectivity index (χ4v) is 4.01. The third-order valence-electron chi connectivity index (χ3n) is 4.43. The van der Waals surface area contributed by atoms with E-state index in [2.05, 4.69) is 16.4 Å². The van der Waals surface area contributed by atoms with Crippen LogP contribution in [0.15, 0.2) is 52.0 Å². The Balaban J connectivity index is 1.73. The molecule has 1 atom stereocenters. The minimum atomic E-state index is -0.210. The zero-order chi connectivity index (χ0) is 15.8. The molecule has 0 bridgehead atoms. The van der Waals surface area contributed by atoms with Crippen molar-refractivity contribution in [3.8, 4) is 0 Å². The number of H-pyrrole nitrogens is 1. The zero-order valence-corrected chi connectivity index (χ0v) is 13.3. The molecule has 1 saturated heterocycles. The highest BCUT2D eigenvalue weighted by Gasteiger charge is 2.31. The number of thiophene rings is 1. The molecule has 1 amide bonds. The molecule has 1 unspecified atom stereocenters. The van der Waals surface area contributed by atoms with Gasteiger partial charge in [0.2, 0.25) is 0 Å². The van der Waals surface area contributed by atoms with Crippen molar-refractivity contribution in [3.05, 3.63) is 68.8 Å². The summed E-state index contributed by atoms with van der Waals surface area (Å²) in [5.41, 5.74) is 1.34. The van der Waals surface area contributed by atoms with Gasteiger partial charge >= 0.3 is 0 Å². The lowest BCUT2D eigenvalue weighted by atomic mass is 10.1. The molecule has 0 spiro atoms. The van der Waals surface area contributed by atoms with Crippen LogP contribution in [0.2, 0.25) is 0 Å². The van der Waals surface area contributed by atoms with Crippen molar-refractivity contribution < 1.29 is 4.79 Å². The molecule has 1 N–H and O–H groups in total. The Morgan fingerprint density at radius 2 is 2.13 bits per heavy atom. The third kappa shape index (κ3) is 2.47. The quantitative estimate of drug-likeness (QED) is 0.783. The fourth-order valence-electron chi connectivity index (χ4n) is 3.30. The molecule has 2 aromatic heterocycles. The number of hydrogen-bond donors (Lipinski definition) is 1. The van der Waals surface area contributed by atoms with Gasteiger partial charge in [-0.25, -0.2) is 0 Å². The van der Waals surface area contributed by atoms with E-state index in [1.807, 2.05) is 28.5 Å². The molecule has 1 fully saturated rings. The Morgan fingerprint density at radius 3 is 2.96 bits per heavy atom. The highest BCUT2D eigenvalue weighted by atomic mass is 32.1. The summed E-state index contributed by atoms with van der Waals surface area (Å²) in [6, 6.07) is 11.3. The van der Waals surface area contributed by atoms with Crippen LogP contribution < -0.4 is 5.56 Å². The molecule has 1 aliphatic heterocycles. The predicted molar refractivity (Wildman–Crippen MR) is 91.9 cm³/mol. The summed E-state index contributed by atoms with van der Waals surface area (Å²) >= 11 is 1.64. The van der Waals surface area contributed by atoms with Gasteiger partial charge in [0, 0.05) is 11.9 Å². The first kappa shape index (κ1) is 14.2. The first-order valence-corrected chi connectivity index (χ1v) is 8.63. The van der Waals surface area contributed by atoms with Crippen LogP contribution in [0.1, 0.15) is 34.9 Å². The molecule has 3 heterocycles. The van der Waals surface area contributed by atoms with Crippen molar-refractivity contribution in [1.82, 2.24) is 9.88 Å².